The molecule has 3 heteroatoms. The van der Waals surface area contributed by atoms with Gasteiger partial charge in [-0.15, -0.1) is 0 Å². The molecule has 0 amide bonds. The minimum absolute atomic E-state index is 0.264. The van der Waals surface area contributed by atoms with Crippen LogP contribution in [0.4, 0.5) is 0 Å². The Hall–Kier alpha value is -1.95. The fraction of sp³-hybridized carbons (Fsp3) is 0.357. The Kier molecular flexibility index (Phi) is 2.12. The first-order valence-corrected chi connectivity index (χ1v) is 5.96. The Morgan fingerprint density at radius 2 is 2.18 bits per heavy atom. The first-order chi connectivity index (χ1) is 8.22. The number of hydrogen-bond acceptors (Lipinski definition) is 2. The Balaban J connectivity index is 2.35. The highest BCUT2D eigenvalue weighted by Gasteiger charge is 2.25. The summed E-state index contributed by atoms with van der Waals surface area (Å²) in [6, 6.07) is 8.03. The highest BCUT2D eigenvalue weighted by molar-refractivity contribution is 5.89. The van der Waals surface area contributed by atoms with Crippen molar-refractivity contribution in [1.29, 1.82) is 5.26 Å². The lowest BCUT2D eigenvalue weighted by molar-refractivity contribution is 0.317. The molecule has 0 unspecified atom stereocenters. The van der Waals surface area contributed by atoms with Gasteiger partial charge in [0.15, 0.2) is 0 Å². The molecule has 1 aromatic heterocycles. The summed E-state index contributed by atoms with van der Waals surface area (Å²) in [6.07, 6.45) is 3.60. The fourth-order valence-corrected chi connectivity index (χ4v) is 2.68. The number of aromatic hydroxyl groups is 1. The third kappa shape index (κ3) is 1.34. The summed E-state index contributed by atoms with van der Waals surface area (Å²) < 4.78 is 2.22. The minimum atomic E-state index is 0.264. The van der Waals surface area contributed by atoms with Gasteiger partial charge in [0.25, 0.3) is 0 Å². The van der Waals surface area contributed by atoms with Crippen LogP contribution < -0.4 is 0 Å². The van der Waals surface area contributed by atoms with E-state index in [1.807, 2.05) is 13.0 Å². The zero-order chi connectivity index (χ0) is 12.0. The van der Waals surface area contributed by atoms with Gasteiger partial charge in [-0.25, -0.2) is 0 Å². The second-order valence-corrected chi connectivity index (χ2v) is 4.73. The third-order valence-electron chi connectivity index (χ3n) is 3.78. The molecule has 1 aliphatic carbocycles. The highest BCUT2D eigenvalue weighted by Crippen LogP contribution is 2.38. The summed E-state index contributed by atoms with van der Waals surface area (Å²) in [5, 5.41) is 19.8. The smallest absolute Gasteiger partial charge is 0.117 e. The topological polar surface area (TPSA) is 48.9 Å². The van der Waals surface area contributed by atoms with Crippen molar-refractivity contribution in [3.8, 4) is 11.8 Å². The molecule has 1 N–H and O–H groups in total. The number of benzene rings is 1. The van der Waals surface area contributed by atoms with Crippen molar-refractivity contribution < 1.29 is 5.11 Å². The van der Waals surface area contributed by atoms with Crippen LogP contribution in [0, 0.1) is 18.3 Å². The SMILES string of the molecule is Cc1c(C#N)c2ccc(O)cc2n1C1CCC1. The van der Waals surface area contributed by atoms with Crippen molar-refractivity contribution in [1.82, 2.24) is 4.57 Å². The molecule has 2 aromatic rings. The molecular weight excluding hydrogens is 212 g/mol. The molecule has 3 nitrogen and oxygen atoms in total. The van der Waals surface area contributed by atoms with Gasteiger partial charge >= 0.3 is 0 Å². The molecule has 1 aromatic carbocycles. The van der Waals surface area contributed by atoms with Crippen molar-refractivity contribution in [2.24, 2.45) is 0 Å². The second kappa shape index (κ2) is 3.53. The van der Waals surface area contributed by atoms with E-state index < -0.39 is 0 Å². The summed E-state index contributed by atoms with van der Waals surface area (Å²) in [5.74, 6) is 0.264. The van der Waals surface area contributed by atoms with Crippen LogP contribution in [0.25, 0.3) is 10.9 Å². The maximum Gasteiger partial charge on any atom is 0.117 e. The second-order valence-electron chi connectivity index (χ2n) is 4.73. The van der Waals surface area contributed by atoms with Gasteiger partial charge in [-0.1, -0.05) is 0 Å². The highest BCUT2D eigenvalue weighted by atomic mass is 16.3. The van der Waals surface area contributed by atoms with Gasteiger partial charge in [-0.2, -0.15) is 5.26 Å². The average molecular weight is 226 g/mol. The first kappa shape index (κ1) is 10.2. The van der Waals surface area contributed by atoms with Crippen LogP contribution in [-0.4, -0.2) is 9.67 Å². The normalized spacial score (nSPS) is 15.8. The van der Waals surface area contributed by atoms with Gasteiger partial charge < -0.3 is 9.67 Å². The lowest BCUT2D eigenvalue weighted by Gasteiger charge is -2.29. The molecule has 0 bridgehead atoms. The van der Waals surface area contributed by atoms with Gasteiger partial charge in [-0.05, 0) is 38.3 Å². The van der Waals surface area contributed by atoms with E-state index in [1.54, 1.807) is 12.1 Å². The molecule has 1 heterocycles. The Bertz CT molecular complexity index is 630. The number of rotatable bonds is 1. The molecule has 86 valence electrons. The van der Waals surface area contributed by atoms with E-state index in [2.05, 4.69) is 10.6 Å². The summed E-state index contributed by atoms with van der Waals surface area (Å²) in [4.78, 5) is 0. The van der Waals surface area contributed by atoms with Crippen molar-refractivity contribution in [3.63, 3.8) is 0 Å². The maximum atomic E-state index is 9.60. The molecule has 0 saturated heterocycles. The predicted octanol–water partition coefficient (Wildman–Crippen LogP) is 3.25. The Morgan fingerprint density at radius 1 is 1.41 bits per heavy atom. The fourth-order valence-electron chi connectivity index (χ4n) is 2.68. The maximum absolute atomic E-state index is 9.60. The van der Waals surface area contributed by atoms with E-state index in [1.165, 1.54) is 19.3 Å². The summed E-state index contributed by atoms with van der Waals surface area (Å²) in [7, 11) is 0. The van der Waals surface area contributed by atoms with E-state index in [-0.39, 0.29) is 5.75 Å². The number of nitriles is 1. The zero-order valence-corrected chi connectivity index (χ0v) is 9.77. The van der Waals surface area contributed by atoms with Crippen molar-refractivity contribution in [3.05, 3.63) is 29.5 Å². The largest absolute Gasteiger partial charge is 0.508 e. The van der Waals surface area contributed by atoms with Crippen LogP contribution in [0.3, 0.4) is 0 Å². The quantitative estimate of drug-likeness (QED) is 0.811. The van der Waals surface area contributed by atoms with E-state index in [0.29, 0.717) is 6.04 Å². The molecule has 1 fully saturated rings. The molecule has 0 atom stereocenters. The number of phenols is 1. The van der Waals surface area contributed by atoms with Gasteiger partial charge in [0.2, 0.25) is 0 Å². The van der Waals surface area contributed by atoms with Crippen molar-refractivity contribution >= 4 is 10.9 Å². The number of fused-ring (bicyclic) bond motifs is 1. The van der Waals surface area contributed by atoms with Crippen molar-refractivity contribution in [2.75, 3.05) is 0 Å². The van der Waals surface area contributed by atoms with E-state index >= 15 is 0 Å². The molecule has 0 radical (unpaired) electrons. The summed E-state index contributed by atoms with van der Waals surface area (Å²) in [6.45, 7) is 1.99. The molecule has 0 aliphatic heterocycles. The Morgan fingerprint density at radius 3 is 2.76 bits per heavy atom. The number of hydrogen-bond donors (Lipinski definition) is 1. The number of phenolic OH excluding ortho intramolecular Hbond substituents is 1. The molecule has 3 rings (SSSR count). The number of aromatic nitrogens is 1. The number of nitrogens with zero attached hydrogens (tertiary/aromatic N) is 2. The lowest BCUT2D eigenvalue weighted by Crippen LogP contribution is -2.17. The lowest BCUT2D eigenvalue weighted by atomic mass is 9.92. The van der Waals surface area contributed by atoms with Crippen LogP contribution in [0.5, 0.6) is 5.75 Å². The van der Waals surface area contributed by atoms with Crippen molar-refractivity contribution in [2.45, 2.75) is 32.2 Å². The van der Waals surface area contributed by atoms with Gasteiger partial charge in [-0.3, -0.25) is 0 Å². The third-order valence-corrected chi connectivity index (χ3v) is 3.78. The minimum Gasteiger partial charge on any atom is -0.508 e. The van der Waals surface area contributed by atoms with Crippen LogP contribution in [0.2, 0.25) is 0 Å². The monoisotopic (exact) mass is 226 g/mol. The van der Waals surface area contributed by atoms with Gasteiger partial charge in [0.1, 0.15) is 11.8 Å². The Labute approximate surface area is 99.9 Å². The van der Waals surface area contributed by atoms with Crippen LogP contribution >= 0.6 is 0 Å². The predicted molar refractivity (Wildman–Crippen MR) is 65.9 cm³/mol. The summed E-state index contributed by atoms with van der Waals surface area (Å²) >= 11 is 0. The van der Waals surface area contributed by atoms with E-state index in [0.717, 1.165) is 22.2 Å². The van der Waals surface area contributed by atoms with Crippen LogP contribution in [0.15, 0.2) is 18.2 Å². The molecule has 0 spiro atoms. The molecular formula is C14H14N2O. The van der Waals surface area contributed by atoms with E-state index in [9.17, 15) is 10.4 Å². The molecule has 17 heavy (non-hydrogen) atoms. The van der Waals surface area contributed by atoms with E-state index in [4.69, 9.17) is 0 Å². The van der Waals surface area contributed by atoms with Gasteiger partial charge in [0.05, 0.1) is 11.1 Å². The first-order valence-electron chi connectivity index (χ1n) is 5.96. The average Bonchev–Trinajstić information content (AvgIpc) is 2.50. The molecule has 1 aliphatic rings. The zero-order valence-electron chi connectivity index (χ0n) is 9.77. The molecule has 1 saturated carbocycles. The summed E-state index contributed by atoms with van der Waals surface area (Å²) in [5.41, 5.74) is 2.76. The standard InChI is InChI=1S/C14H14N2O/c1-9-13(8-15)12-6-5-11(17)7-14(12)16(9)10-3-2-4-10/h5-7,10,17H,2-4H2,1H3. The van der Waals surface area contributed by atoms with Gasteiger partial charge in [0, 0.05) is 23.2 Å². The van der Waals surface area contributed by atoms with Crippen LogP contribution in [0.1, 0.15) is 36.6 Å². The van der Waals surface area contributed by atoms with Crippen LogP contribution in [-0.2, 0) is 0 Å².